The number of rotatable bonds is 4. The molecule has 1 aliphatic rings. The monoisotopic (exact) mass is 397 g/mol. The van der Waals surface area contributed by atoms with E-state index >= 15 is 0 Å². The minimum atomic E-state index is -0.0801. The molecular formula is C24H19N3O3. The number of ether oxygens (including phenoxy) is 2. The van der Waals surface area contributed by atoms with Crippen molar-refractivity contribution in [1.29, 1.82) is 0 Å². The Morgan fingerprint density at radius 2 is 1.80 bits per heavy atom. The third-order valence-corrected chi connectivity index (χ3v) is 5.08. The van der Waals surface area contributed by atoms with Crippen LogP contribution in [-0.4, -0.2) is 34.6 Å². The van der Waals surface area contributed by atoms with Crippen LogP contribution in [-0.2, 0) is 6.54 Å². The van der Waals surface area contributed by atoms with Crippen molar-refractivity contribution in [3.63, 3.8) is 0 Å². The van der Waals surface area contributed by atoms with Crippen LogP contribution in [0.25, 0.3) is 22.3 Å². The van der Waals surface area contributed by atoms with Crippen molar-refractivity contribution in [3.8, 4) is 22.9 Å². The zero-order valence-corrected chi connectivity index (χ0v) is 16.4. The molecule has 0 saturated carbocycles. The highest BCUT2D eigenvalue weighted by molar-refractivity contribution is 6.07. The molecule has 5 rings (SSSR count). The van der Waals surface area contributed by atoms with Crippen molar-refractivity contribution in [2.24, 2.45) is 0 Å². The van der Waals surface area contributed by atoms with Crippen LogP contribution in [0, 0.1) is 0 Å². The fraction of sp³-hybridized carbons (Fsp3) is 0.125. The van der Waals surface area contributed by atoms with Crippen LogP contribution in [0.5, 0.6) is 11.5 Å². The summed E-state index contributed by atoms with van der Waals surface area (Å²) in [5.74, 6) is 1.36. The lowest BCUT2D eigenvalue weighted by Crippen LogP contribution is -2.26. The fourth-order valence-electron chi connectivity index (χ4n) is 3.59. The van der Waals surface area contributed by atoms with Crippen molar-refractivity contribution < 1.29 is 14.3 Å². The molecular weight excluding hydrogens is 378 g/mol. The Kier molecular flexibility index (Phi) is 4.52. The first-order chi connectivity index (χ1) is 14.7. The number of hydrogen-bond acceptors (Lipinski definition) is 5. The number of nitrogens with zero attached hydrogens (tertiary/aromatic N) is 3. The van der Waals surface area contributed by atoms with E-state index in [2.05, 4.69) is 4.98 Å². The summed E-state index contributed by atoms with van der Waals surface area (Å²) in [6.45, 7) is 0.678. The number of pyridine rings is 2. The summed E-state index contributed by atoms with van der Waals surface area (Å²) >= 11 is 0. The van der Waals surface area contributed by atoms with E-state index < -0.39 is 0 Å². The maximum absolute atomic E-state index is 13.4. The number of aromatic nitrogens is 2. The number of carbonyl (C=O) groups excluding carboxylic acids is 1. The van der Waals surface area contributed by atoms with Gasteiger partial charge >= 0.3 is 0 Å². The Morgan fingerprint density at radius 3 is 2.67 bits per heavy atom. The van der Waals surface area contributed by atoms with E-state index in [-0.39, 0.29) is 12.7 Å². The number of hydrogen-bond donors (Lipinski definition) is 0. The number of para-hydroxylation sites is 1. The quantitative estimate of drug-likeness (QED) is 0.514. The minimum absolute atomic E-state index is 0.0801. The standard InChI is InChI=1S/C24H19N3O3/c1-27(14-16-9-10-22-23(12-16)30-15-29-22)24(28)18-13-21(20-8-4-5-11-25-20)26-19-7-3-2-6-17(18)19/h2-13H,14-15H2,1H3. The normalized spacial score (nSPS) is 12.2. The van der Waals surface area contributed by atoms with Crippen molar-refractivity contribution >= 4 is 16.8 Å². The maximum Gasteiger partial charge on any atom is 0.254 e. The summed E-state index contributed by atoms with van der Waals surface area (Å²) in [6.07, 6.45) is 1.72. The molecule has 3 heterocycles. The second-order valence-corrected chi connectivity index (χ2v) is 7.14. The van der Waals surface area contributed by atoms with Gasteiger partial charge in [-0.2, -0.15) is 0 Å². The first-order valence-corrected chi connectivity index (χ1v) is 9.64. The van der Waals surface area contributed by atoms with Gasteiger partial charge in [0.25, 0.3) is 5.91 Å². The van der Waals surface area contributed by atoms with Crippen molar-refractivity contribution in [1.82, 2.24) is 14.9 Å². The number of carbonyl (C=O) groups is 1. The smallest absolute Gasteiger partial charge is 0.254 e. The largest absolute Gasteiger partial charge is 0.454 e. The van der Waals surface area contributed by atoms with E-state index in [1.54, 1.807) is 18.1 Å². The van der Waals surface area contributed by atoms with Crippen molar-refractivity contribution in [3.05, 3.63) is 84.1 Å². The van der Waals surface area contributed by atoms with E-state index in [1.165, 1.54) is 0 Å². The Bertz CT molecular complexity index is 1240. The molecule has 148 valence electrons. The average molecular weight is 397 g/mol. The van der Waals surface area contributed by atoms with Gasteiger partial charge < -0.3 is 14.4 Å². The molecule has 1 amide bonds. The van der Waals surface area contributed by atoms with Gasteiger partial charge in [-0.15, -0.1) is 0 Å². The van der Waals surface area contributed by atoms with Crippen LogP contribution in [0.3, 0.4) is 0 Å². The summed E-state index contributed by atoms with van der Waals surface area (Å²) in [5, 5.41) is 0.819. The molecule has 0 aliphatic carbocycles. The van der Waals surface area contributed by atoms with Gasteiger partial charge in [0.2, 0.25) is 6.79 Å². The number of fused-ring (bicyclic) bond motifs is 2. The summed E-state index contributed by atoms with van der Waals surface area (Å²) < 4.78 is 10.8. The molecule has 0 atom stereocenters. The zero-order valence-electron chi connectivity index (χ0n) is 16.4. The highest BCUT2D eigenvalue weighted by Gasteiger charge is 2.19. The van der Waals surface area contributed by atoms with E-state index in [0.717, 1.165) is 27.9 Å². The van der Waals surface area contributed by atoms with E-state index in [4.69, 9.17) is 14.5 Å². The van der Waals surface area contributed by atoms with E-state index in [1.807, 2.05) is 66.7 Å². The van der Waals surface area contributed by atoms with Crippen LogP contribution in [0.15, 0.2) is 72.9 Å². The van der Waals surface area contributed by atoms with Gasteiger partial charge in [0, 0.05) is 25.2 Å². The summed E-state index contributed by atoms with van der Waals surface area (Å²) in [5.41, 5.74) is 3.74. The zero-order chi connectivity index (χ0) is 20.5. The topological polar surface area (TPSA) is 64.6 Å². The Morgan fingerprint density at radius 1 is 0.967 bits per heavy atom. The summed E-state index contributed by atoms with van der Waals surface area (Å²) in [4.78, 5) is 24.2. The molecule has 0 radical (unpaired) electrons. The molecule has 1 aliphatic heterocycles. The molecule has 0 fully saturated rings. The number of benzene rings is 2. The van der Waals surface area contributed by atoms with Gasteiger partial charge in [-0.25, -0.2) is 4.98 Å². The fourth-order valence-corrected chi connectivity index (χ4v) is 3.59. The van der Waals surface area contributed by atoms with Gasteiger partial charge in [-0.05, 0) is 42.0 Å². The van der Waals surface area contributed by atoms with Crippen molar-refractivity contribution in [2.45, 2.75) is 6.54 Å². The highest BCUT2D eigenvalue weighted by atomic mass is 16.7. The second kappa shape index (κ2) is 7.48. The summed E-state index contributed by atoms with van der Waals surface area (Å²) in [7, 11) is 1.79. The highest BCUT2D eigenvalue weighted by Crippen LogP contribution is 2.33. The molecule has 0 unspecified atom stereocenters. The predicted octanol–water partition coefficient (Wildman–Crippen LogP) is 4.30. The van der Waals surface area contributed by atoms with Gasteiger partial charge in [0.15, 0.2) is 11.5 Å². The SMILES string of the molecule is CN(Cc1ccc2c(c1)OCO2)C(=O)c1cc(-c2ccccn2)nc2ccccc12. The molecule has 0 spiro atoms. The van der Waals surface area contributed by atoms with Gasteiger partial charge in [-0.3, -0.25) is 9.78 Å². The molecule has 4 aromatic rings. The molecule has 2 aromatic carbocycles. The van der Waals surface area contributed by atoms with Crippen LogP contribution in [0.2, 0.25) is 0 Å². The van der Waals surface area contributed by atoms with Gasteiger partial charge in [0.1, 0.15) is 0 Å². The Hall–Kier alpha value is -3.93. The van der Waals surface area contributed by atoms with E-state index in [0.29, 0.717) is 23.6 Å². The van der Waals surface area contributed by atoms with Gasteiger partial charge in [0.05, 0.1) is 22.5 Å². The molecule has 0 saturated heterocycles. The first kappa shape index (κ1) is 18.1. The van der Waals surface area contributed by atoms with E-state index in [9.17, 15) is 4.79 Å². The lowest BCUT2D eigenvalue weighted by molar-refractivity contribution is 0.0787. The molecule has 2 aromatic heterocycles. The van der Waals surface area contributed by atoms with Crippen LogP contribution in [0.1, 0.15) is 15.9 Å². The molecule has 6 heteroatoms. The Balaban J connectivity index is 1.50. The average Bonchev–Trinajstić information content (AvgIpc) is 3.26. The lowest BCUT2D eigenvalue weighted by Gasteiger charge is -2.19. The van der Waals surface area contributed by atoms with Crippen LogP contribution < -0.4 is 9.47 Å². The minimum Gasteiger partial charge on any atom is -0.454 e. The van der Waals surface area contributed by atoms with Crippen LogP contribution >= 0.6 is 0 Å². The lowest BCUT2D eigenvalue weighted by atomic mass is 10.0. The molecule has 0 N–H and O–H groups in total. The summed E-state index contributed by atoms with van der Waals surface area (Å²) in [6, 6.07) is 20.9. The predicted molar refractivity (Wildman–Crippen MR) is 113 cm³/mol. The Labute approximate surface area is 173 Å². The third kappa shape index (κ3) is 3.33. The van der Waals surface area contributed by atoms with Crippen molar-refractivity contribution in [2.75, 3.05) is 13.8 Å². The number of amides is 1. The second-order valence-electron chi connectivity index (χ2n) is 7.14. The molecule has 30 heavy (non-hydrogen) atoms. The van der Waals surface area contributed by atoms with Crippen LogP contribution in [0.4, 0.5) is 0 Å². The molecule has 0 bridgehead atoms. The first-order valence-electron chi connectivity index (χ1n) is 9.64. The molecule has 6 nitrogen and oxygen atoms in total. The maximum atomic E-state index is 13.4. The third-order valence-electron chi connectivity index (χ3n) is 5.08. The van der Waals surface area contributed by atoms with Gasteiger partial charge in [-0.1, -0.05) is 30.3 Å².